The Balaban J connectivity index is 1.16. The highest BCUT2D eigenvalue weighted by Crippen LogP contribution is 2.49. The summed E-state index contributed by atoms with van der Waals surface area (Å²) in [7, 11) is -6.57. The van der Waals surface area contributed by atoms with Crippen molar-refractivity contribution in [3.8, 4) is 17.2 Å². The molecule has 6 rings (SSSR count). The summed E-state index contributed by atoms with van der Waals surface area (Å²) in [4.78, 5) is 25.7. The van der Waals surface area contributed by atoms with E-state index in [2.05, 4.69) is 5.32 Å². The number of hydrogen-bond donors (Lipinski definition) is 2. The Labute approximate surface area is 332 Å². The van der Waals surface area contributed by atoms with E-state index in [1.165, 1.54) is 24.4 Å². The number of amides is 1. The fraction of sp³-hybridized carbons (Fsp3) is 0.487. The monoisotopic (exact) mass is 832 g/mol. The van der Waals surface area contributed by atoms with Crippen LogP contribution in [0.1, 0.15) is 44.2 Å². The maximum absolute atomic E-state index is 13.9. The van der Waals surface area contributed by atoms with Crippen molar-refractivity contribution in [2.75, 3.05) is 46.4 Å². The van der Waals surface area contributed by atoms with Gasteiger partial charge in [0.2, 0.25) is 16.4 Å². The molecule has 0 bridgehead atoms. The molecule has 3 aliphatic heterocycles. The Hall–Kier alpha value is -4.22. The van der Waals surface area contributed by atoms with Gasteiger partial charge in [-0.15, -0.1) is 0 Å². The molecule has 57 heavy (non-hydrogen) atoms. The molecule has 0 aliphatic carbocycles. The summed E-state index contributed by atoms with van der Waals surface area (Å²) in [5, 5.41) is 14.4. The summed E-state index contributed by atoms with van der Waals surface area (Å²) in [6.45, 7) is 5.51. The highest BCUT2D eigenvalue weighted by molar-refractivity contribution is 7.89. The van der Waals surface area contributed by atoms with Gasteiger partial charge in [-0.1, -0.05) is 37.3 Å². The van der Waals surface area contributed by atoms with Gasteiger partial charge in [-0.25, -0.2) is 22.6 Å². The van der Waals surface area contributed by atoms with Crippen LogP contribution in [-0.2, 0) is 49.3 Å². The maximum atomic E-state index is 13.9. The van der Waals surface area contributed by atoms with Gasteiger partial charge in [0, 0.05) is 13.1 Å². The lowest BCUT2D eigenvalue weighted by Crippen LogP contribution is -2.52. The predicted octanol–water partition coefficient (Wildman–Crippen LogP) is 4.84. The van der Waals surface area contributed by atoms with Crippen LogP contribution in [0.25, 0.3) is 0 Å². The van der Waals surface area contributed by atoms with E-state index in [9.17, 15) is 27.7 Å². The first-order valence-corrected chi connectivity index (χ1v) is 21.9. The molecule has 0 saturated carbocycles. The van der Waals surface area contributed by atoms with Gasteiger partial charge in [-0.3, -0.25) is 4.52 Å². The maximum Gasteiger partial charge on any atom is 0.417 e. The zero-order chi connectivity index (χ0) is 40.7. The van der Waals surface area contributed by atoms with Crippen LogP contribution in [0.2, 0.25) is 0 Å². The molecular formula is C39H49N2O14PS. The van der Waals surface area contributed by atoms with E-state index in [-0.39, 0.29) is 61.0 Å². The second kappa shape index (κ2) is 18.6. The molecule has 3 aromatic rings. The standard InChI is InChI=1S/C39H49N2O14PS/c1-5-49-37(43)26(3)54-56(45,55-29-9-7-6-8-10-29)24-52-28-13-11-27(12-14-28)19-33(40-39(44)53-35-23-51-38-31(35)17-18-50-38)34(42)22-41-21-25(2)32-20-30(48-4)15-16-36(32)57(41,46)47/h6-16,20,25-26,31,33-35,38,42H,5,17-19,21-24H2,1-4H3,(H,40,44)/t25?,26-,31-,33-,34+,35-,38+,56?/m0/s1. The van der Waals surface area contributed by atoms with Gasteiger partial charge in [-0.05, 0) is 86.2 Å². The number of carbonyl (C=O) groups excluding carboxylic acids is 2. The molecule has 3 heterocycles. The van der Waals surface area contributed by atoms with Crippen LogP contribution >= 0.6 is 7.60 Å². The van der Waals surface area contributed by atoms with Crippen LogP contribution < -0.4 is 19.3 Å². The molecule has 8 atom stereocenters. The first-order valence-electron chi connectivity index (χ1n) is 18.8. The second-order valence-corrected chi connectivity index (χ2v) is 17.8. The molecule has 2 N–H and O–H groups in total. The van der Waals surface area contributed by atoms with E-state index >= 15 is 0 Å². The topological polar surface area (TPSA) is 195 Å². The van der Waals surface area contributed by atoms with E-state index < -0.39 is 66.7 Å². The third-order valence-electron chi connectivity index (χ3n) is 9.94. The van der Waals surface area contributed by atoms with Crippen molar-refractivity contribution in [1.82, 2.24) is 9.62 Å². The molecule has 1 amide bonds. The lowest BCUT2D eigenvalue weighted by molar-refractivity contribution is -0.150. The molecule has 3 aliphatic rings. The largest absolute Gasteiger partial charge is 0.497 e. The highest BCUT2D eigenvalue weighted by atomic mass is 32.2. The molecule has 2 fully saturated rings. The molecular weight excluding hydrogens is 783 g/mol. The number of nitrogens with zero attached hydrogens (tertiary/aromatic N) is 1. The van der Waals surface area contributed by atoms with Crippen LogP contribution in [0, 0.1) is 5.92 Å². The molecule has 310 valence electrons. The number of alkyl carbamates (subject to hydrolysis) is 1. The molecule has 16 nitrogen and oxygen atoms in total. The zero-order valence-corrected chi connectivity index (χ0v) is 33.9. The first-order chi connectivity index (χ1) is 27.3. The smallest absolute Gasteiger partial charge is 0.417 e. The zero-order valence-electron chi connectivity index (χ0n) is 32.2. The third-order valence-corrected chi connectivity index (χ3v) is 13.4. The molecule has 3 aromatic carbocycles. The lowest BCUT2D eigenvalue weighted by atomic mass is 9.99. The fourth-order valence-corrected chi connectivity index (χ4v) is 10.3. The summed E-state index contributed by atoms with van der Waals surface area (Å²) in [5.74, 6) is 0.0472. The molecule has 0 aromatic heterocycles. The van der Waals surface area contributed by atoms with Crippen LogP contribution in [0.4, 0.5) is 4.79 Å². The van der Waals surface area contributed by atoms with Crippen molar-refractivity contribution in [3.05, 3.63) is 83.9 Å². The Morgan fingerprint density at radius 3 is 2.49 bits per heavy atom. The van der Waals surface area contributed by atoms with E-state index in [1.54, 1.807) is 73.7 Å². The number of carbonyl (C=O) groups is 2. The number of esters is 1. The Morgan fingerprint density at radius 2 is 1.77 bits per heavy atom. The van der Waals surface area contributed by atoms with Gasteiger partial charge in [0.25, 0.3) is 0 Å². The summed E-state index contributed by atoms with van der Waals surface area (Å²) in [6.07, 6.45) is -4.15. The van der Waals surface area contributed by atoms with Crippen molar-refractivity contribution < 1.29 is 65.1 Å². The number of para-hydroxylation sites is 1. The van der Waals surface area contributed by atoms with E-state index in [1.807, 2.05) is 6.92 Å². The Morgan fingerprint density at radius 1 is 1.04 bits per heavy atom. The van der Waals surface area contributed by atoms with Gasteiger partial charge in [0.05, 0.1) is 49.9 Å². The fourth-order valence-electron chi connectivity index (χ4n) is 6.97. The summed E-state index contributed by atoms with van der Waals surface area (Å²) in [5.41, 5.74) is 1.26. The lowest BCUT2D eigenvalue weighted by Gasteiger charge is -2.35. The summed E-state index contributed by atoms with van der Waals surface area (Å²) >= 11 is 0. The number of rotatable bonds is 17. The van der Waals surface area contributed by atoms with Crippen molar-refractivity contribution in [2.24, 2.45) is 5.92 Å². The highest BCUT2D eigenvalue weighted by Gasteiger charge is 2.44. The normalized spacial score (nSPS) is 23.8. The minimum atomic E-state index is -4.08. The molecule has 2 saturated heterocycles. The van der Waals surface area contributed by atoms with Crippen LogP contribution in [0.15, 0.2) is 77.7 Å². The van der Waals surface area contributed by atoms with Crippen LogP contribution in [0.5, 0.6) is 17.2 Å². The summed E-state index contributed by atoms with van der Waals surface area (Å²) < 4.78 is 86.9. The number of nitrogens with one attached hydrogen (secondary N) is 1. The van der Waals surface area contributed by atoms with Crippen molar-refractivity contribution in [2.45, 2.75) is 75.1 Å². The third kappa shape index (κ3) is 10.5. The molecule has 18 heteroatoms. The van der Waals surface area contributed by atoms with E-state index in [0.717, 1.165) is 0 Å². The summed E-state index contributed by atoms with van der Waals surface area (Å²) in [6, 6.07) is 18.7. The molecule has 0 spiro atoms. The predicted molar refractivity (Wildman–Crippen MR) is 205 cm³/mol. The van der Waals surface area contributed by atoms with E-state index in [0.29, 0.717) is 29.9 Å². The van der Waals surface area contributed by atoms with Crippen molar-refractivity contribution >= 4 is 29.7 Å². The number of aliphatic hydroxyl groups is 1. The number of fused-ring (bicyclic) bond motifs is 2. The first kappa shape index (κ1) is 42.4. The number of hydrogen-bond acceptors (Lipinski definition) is 14. The average Bonchev–Trinajstić information content (AvgIpc) is 3.82. The van der Waals surface area contributed by atoms with Crippen LogP contribution in [-0.4, -0.2) is 107 Å². The van der Waals surface area contributed by atoms with Gasteiger partial charge in [0.15, 0.2) is 12.4 Å². The van der Waals surface area contributed by atoms with Gasteiger partial charge >= 0.3 is 19.7 Å². The number of methoxy groups -OCH3 is 1. The second-order valence-electron chi connectivity index (χ2n) is 14.1. The van der Waals surface area contributed by atoms with Crippen molar-refractivity contribution in [1.29, 1.82) is 0 Å². The number of benzene rings is 3. The SMILES string of the molecule is CCOC(=O)[C@H](C)OP(=O)(COc1ccc(C[C@H](NC(=O)O[C@H]2CO[C@H]3OCC[C@H]32)[C@H](O)CN2CC(C)c3cc(OC)ccc3S2(=O)=O)cc1)Oc1ccccc1. The van der Waals surface area contributed by atoms with Crippen molar-refractivity contribution in [3.63, 3.8) is 0 Å². The number of aliphatic hydroxyl groups excluding tert-OH is 1. The average molecular weight is 833 g/mol. The number of β-amino-alcohol motifs (C(OH)–C–C–N with tert-alkyl or cyclic N) is 1. The molecule has 0 radical (unpaired) electrons. The quantitative estimate of drug-likeness (QED) is 0.139. The minimum absolute atomic E-state index is 0.0693. The Kier molecular flexibility index (Phi) is 13.8. The number of sulfonamides is 1. The van der Waals surface area contributed by atoms with Crippen LogP contribution in [0.3, 0.4) is 0 Å². The van der Waals surface area contributed by atoms with Gasteiger partial charge in [-0.2, -0.15) is 4.31 Å². The molecule has 2 unspecified atom stereocenters. The van der Waals surface area contributed by atoms with Gasteiger partial charge < -0.3 is 43.4 Å². The minimum Gasteiger partial charge on any atom is -0.497 e. The Bertz CT molecular complexity index is 2000. The van der Waals surface area contributed by atoms with E-state index in [4.69, 9.17) is 37.5 Å². The van der Waals surface area contributed by atoms with Gasteiger partial charge in [0.1, 0.15) is 23.4 Å². The number of ether oxygens (including phenoxy) is 6.